The van der Waals surface area contributed by atoms with E-state index in [-0.39, 0.29) is 17.5 Å². The number of rotatable bonds is 9. The number of aliphatic imine (C=N–C) groups is 1. The van der Waals surface area contributed by atoms with Crippen LogP contribution >= 0.6 is 0 Å². The van der Waals surface area contributed by atoms with Crippen LogP contribution in [0.15, 0.2) is 34.2 Å². The number of sulfonamides is 1. The van der Waals surface area contributed by atoms with Crippen molar-refractivity contribution in [3.05, 3.63) is 46.8 Å². The van der Waals surface area contributed by atoms with Crippen molar-refractivity contribution < 1.29 is 8.42 Å². The fraction of sp³-hybridized carbons (Fsp3) is 0.524. The van der Waals surface area contributed by atoms with Gasteiger partial charge in [-0.05, 0) is 58.7 Å². The van der Waals surface area contributed by atoms with E-state index in [4.69, 9.17) is 0 Å². The van der Waals surface area contributed by atoms with Crippen LogP contribution in [0.2, 0.25) is 0 Å². The lowest BCUT2D eigenvalue weighted by Gasteiger charge is -2.18. The summed E-state index contributed by atoms with van der Waals surface area (Å²) in [6, 6.07) is 6.93. The highest BCUT2D eigenvalue weighted by Crippen LogP contribution is 2.14. The number of nitrogens with zero attached hydrogens (tertiary/aromatic N) is 3. The summed E-state index contributed by atoms with van der Waals surface area (Å²) in [4.78, 5) is 4.76. The van der Waals surface area contributed by atoms with Crippen molar-refractivity contribution in [2.45, 2.75) is 52.0 Å². The van der Waals surface area contributed by atoms with Crippen molar-refractivity contribution in [3.8, 4) is 0 Å². The van der Waals surface area contributed by atoms with E-state index >= 15 is 0 Å². The zero-order valence-electron chi connectivity index (χ0n) is 18.8. The second-order valence-electron chi connectivity index (χ2n) is 7.49. The number of nitrogens with one attached hydrogen (secondary N) is 3. The minimum atomic E-state index is -3.53. The summed E-state index contributed by atoms with van der Waals surface area (Å²) in [5, 5.41) is 11.1. The van der Waals surface area contributed by atoms with Crippen LogP contribution < -0.4 is 15.4 Å². The van der Waals surface area contributed by atoms with Gasteiger partial charge in [0.25, 0.3) is 0 Å². The molecule has 0 bridgehead atoms. The molecule has 9 heteroatoms. The summed E-state index contributed by atoms with van der Waals surface area (Å²) >= 11 is 0. The molecule has 3 N–H and O–H groups in total. The molecule has 0 aliphatic heterocycles. The van der Waals surface area contributed by atoms with Crippen LogP contribution in [0.1, 0.15) is 36.4 Å². The molecule has 166 valence electrons. The maximum atomic E-state index is 12.4. The van der Waals surface area contributed by atoms with Crippen molar-refractivity contribution >= 4 is 16.0 Å². The number of hydrogen-bond acceptors (Lipinski definition) is 4. The third kappa shape index (κ3) is 6.56. The van der Waals surface area contributed by atoms with Gasteiger partial charge in [0.05, 0.1) is 17.1 Å². The molecule has 0 saturated carbocycles. The van der Waals surface area contributed by atoms with Gasteiger partial charge < -0.3 is 10.6 Å². The summed E-state index contributed by atoms with van der Waals surface area (Å²) in [5.74, 6) is 0.665. The number of aromatic nitrogens is 2. The van der Waals surface area contributed by atoms with Crippen LogP contribution in [0.3, 0.4) is 0 Å². The third-order valence-corrected chi connectivity index (χ3v) is 6.38. The van der Waals surface area contributed by atoms with E-state index in [2.05, 4.69) is 39.3 Å². The van der Waals surface area contributed by atoms with E-state index in [0.29, 0.717) is 12.5 Å². The van der Waals surface area contributed by atoms with Crippen LogP contribution in [-0.2, 0) is 23.5 Å². The highest BCUT2D eigenvalue weighted by atomic mass is 32.2. The Hall–Kier alpha value is -2.39. The summed E-state index contributed by atoms with van der Waals surface area (Å²) in [6.07, 6.45) is 0.829. The van der Waals surface area contributed by atoms with E-state index in [1.807, 2.05) is 32.5 Å². The number of hydrogen-bond donors (Lipinski definition) is 3. The lowest BCUT2D eigenvalue weighted by molar-refractivity contribution is 0.581. The van der Waals surface area contributed by atoms with Gasteiger partial charge in [-0.25, -0.2) is 13.1 Å². The van der Waals surface area contributed by atoms with Gasteiger partial charge in [-0.2, -0.15) is 5.10 Å². The quantitative estimate of drug-likeness (QED) is 0.317. The van der Waals surface area contributed by atoms with E-state index in [9.17, 15) is 8.42 Å². The first-order valence-corrected chi connectivity index (χ1v) is 11.7. The molecule has 1 aromatic carbocycles. The first kappa shape index (κ1) is 23.9. The van der Waals surface area contributed by atoms with Crippen LogP contribution in [0.25, 0.3) is 0 Å². The topological polar surface area (TPSA) is 100 Å². The Morgan fingerprint density at radius 1 is 1.20 bits per heavy atom. The molecule has 0 fully saturated rings. The average Bonchev–Trinajstić information content (AvgIpc) is 2.91. The Kier molecular flexibility index (Phi) is 8.43. The van der Waals surface area contributed by atoms with Gasteiger partial charge in [0.2, 0.25) is 10.0 Å². The van der Waals surface area contributed by atoms with Crippen LogP contribution in [0.4, 0.5) is 0 Å². The first-order valence-electron chi connectivity index (χ1n) is 10.2. The van der Waals surface area contributed by atoms with E-state index in [0.717, 1.165) is 29.9 Å². The predicted octanol–water partition coefficient (Wildman–Crippen LogP) is 1.81. The van der Waals surface area contributed by atoms with Gasteiger partial charge in [0, 0.05) is 31.9 Å². The van der Waals surface area contributed by atoms with Gasteiger partial charge in [-0.1, -0.05) is 17.7 Å². The van der Waals surface area contributed by atoms with Crippen LogP contribution in [-0.4, -0.2) is 49.8 Å². The second kappa shape index (κ2) is 10.6. The summed E-state index contributed by atoms with van der Waals surface area (Å²) in [7, 11) is -1.58. The molecule has 0 spiro atoms. The molecule has 0 amide bonds. The largest absolute Gasteiger partial charge is 0.357 e. The predicted molar refractivity (Wildman–Crippen MR) is 121 cm³/mol. The molecule has 2 aromatic rings. The lowest BCUT2D eigenvalue weighted by Crippen LogP contribution is -2.43. The standard InChI is InChI=1S/C21H34N6O2S/c1-7-22-21(25-16(3)14-20-17(4)26-27(6)18(20)5)23-12-13-24-30(28,29)19-10-8-15(2)9-11-19/h8-11,16,24H,7,12-14H2,1-6H3,(H2,22,23,25). The van der Waals surface area contributed by atoms with E-state index in [1.54, 1.807) is 24.3 Å². The maximum Gasteiger partial charge on any atom is 0.240 e. The monoisotopic (exact) mass is 434 g/mol. The SMILES string of the molecule is CCNC(=NCCNS(=O)(=O)c1ccc(C)cc1)NC(C)Cc1c(C)nn(C)c1C. The number of aryl methyl sites for hydroxylation is 3. The molecule has 2 rings (SSSR count). The molecule has 30 heavy (non-hydrogen) atoms. The smallest absolute Gasteiger partial charge is 0.240 e. The maximum absolute atomic E-state index is 12.4. The Morgan fingerprint density at radius 2 is 1.87 bits per heavy atom. The molecule has 1 atom stereocenters. The van der Waals surface area contributed by atoms with Crippen molar-refractivity contribution in [2.24, 2.45) is 12.0 Å². The van der Waals surface area contributed by atoms with Gasteiger partial charge >= 0.3 is 0 Å². The molecule has 0 aliphatic carbocycles. The normalized spacial score (nSPS) is 13.3. The number of benzene rings is 1. The van der Waals surface area contributed by atoms with Gasteiger partial charge in [-0.3, -0.25) is 9.67 Å². The summed E-state index contributed by atoms with van der Waals surface area (Å²) in [6.45, 7) is 11.4. The Balaban J connectivity index is 1.92. The summed E-state index contributed by atoms with van der Waals surface area (Å²) in [5.41, 5.74) is 4.45. The molecule has 0 aliphatic rings. The van der Waals surface area contributed by atoms with Gasteiger partial charge in [0.15, 0.2) is 5.96 Å². The lowest BCUT2D eigenvalue weighted by atomic mass is 10.1. The number of guanidine groups is 1. The highest BCUT2D eigenvalue weighted by Gasteiger charge is 2.15. The fourth-order valence-corrected chi connectivity index (χ4v) is 4.19. The van der Waals surface area contributed by atoms with Gasteiger partial charge in [0.1, 0.15) is 0 Å². The zero-order chi connectivity index (χ0) is 22.3. The molecule has 0 saturated heterocycles. The van der Waals surface area contributed by atoms with Crippen LogP contribution in [0.5, 0.6) is 0 Å². The van der Waals surface area contributed by atoms with Crippen molar-refractivity contribution in [2.75, 3.05) is 19.6 Å². The molecule has 1 heterocycles. The Morgan fingerprint density at radius 3 is 2.43 bits per heavy atom. The molecule has 1 aromatic heterocycles. The minimum absolute atomic E-state index is 0.147. The minimum Gasteiger partial charge on any atom is -0.357 e. The van der Waals surface area contributed by atoms with E-state index < -0.39 is 10.0 Å². The third-order valence-electron chi connectivity index (χ3n) is 4.90. The fourth-order valence-electron chi connectivity index (χ4n) is 3.17. The molecular formula is C21H34N6O2S. The second-order valence-corrected chi connectivity index (χ2v) is 9.26. The Bertz CT molecular complexity index is 964. The van der Waals surface area contributed by atoms with Crippen molar-refractivity contribution in [3.63, 3.8) is 0 Å². The molecule has 8 nitrogen and oxygen atoms in total. The van der Waals surface area contributed by atoms with Crippen molar-refractivity contribution in [1.29, 1.82) is 0 Å². The van der Waals surface area contributed by atoms with Crippen molar-refractivity contribution in [1.82, 2.24) is 25.1 Å². The zero-order valence-corrected chi connectivity index (χ0v) is 19.6. The summed E-state index contributed by atoms with van der Waals surface area (Å²) < 4.78 is 29.2. The molecule has 0 radical (unpaired) electrons. The van der Waals surface area contributed by atoms with Crippen LogP contribution in [0, 0.1) is 20.8 Å². The highest BCUT2D eigenvalue weighted by molar-refractivity contribution is 7.89. The van der Waals surface area contributed by atoms with Gasteiger partial charge in [-0.15, -0.1) is 0 Å². The molecular weight excluding hydrogens is 400 g/mol. The Labute approximate surface area is 180 Å². The van der Waals surface area contributed by atoms with E-state index in [1.165, 1.54) is 5.56 Å². The average molecular weight is 435 g/mol. The first-order chi connectivity index (χ1) is 14.1. The molecule has 1 unspecified atom stereocenters.